The maximum atomic E-state index is 5.19. The molecule has 0 aliphatic rings. The van der Waals surface area contributed by atoms with Crippen molar-refractivity contribution in [2.24, 2.45) is 0 Å². The van der Waals surface area contributed by atoms with E-state index >= 15 is 0 Å². The van der Waals surface area contributed by atoms with Crippen molar-refractivity contribution in [2.75, 3.05) is 6.61 Å². The summed E-state index contributed by atoms with van der Waals surface area (Å²) in [5, 5.41) is 0. The molecule has 0 radical (unpaired) electrons. The molecule has 3 nitrogen and oxygen atoms in total. The Kier molecular flexibility index (Phi) is 3.73. The van der Waals surface area contributed by atoms with E-state index in [1.54, 1.807) is 18.5 Å². The average molecular weight is 229 g/mol. The Morgan fingerprint density at radius 2 is 2.17 bits per heavy atom. The van der Waals surface area contributed by atoms with Gasteiger partial charge in [0.15, 0.2) is 0 Å². The third-order valence-electron chi connectivity index (χ3n) is 1.15. The highest BCUT2D eigenvalue weighted by atomic mass is 79.9. The lowest BCUT2D eigenvalue weighted by molar-refractivity contribution is 0.298. The lowest BCUT2D eigenvalue weighted by Crippen LogP contribution is -1.99. The quantitative estimate of drug-likeness (QED) is 0.586. The maximum Gasteiger partial charge on any atom is 0.316 e. The first-order valence-corrected chi connectivity index (χ1v) is 4.33. The summed E-state index contributed by atoms with van der Waals surface area (Å²) in [6, 6.07) is 0.403. The van der Waals surface area contributed by atoms with Gasteiger partial charge in [0, 0.05) is 12.4 Å². The zero-order valence-corrected chi connectivity index (χ0v) is 8.12. The molecule has 0 spiro atoms. The number of hydrogen-bond donors (Lipinski definition) is 0. The van der Waals surface area contributed by atoms with Gasteiger partial charge < -0.3 is 4.74 Å². The Balaban J connectivity index is 2.42. The fourth-order valence-electron chi connectivity index (χ4n) is 0.609. The molecule has 4 heteroatoms. The van der Waals surface area contributed by atoms with Crippen LogP contribution < -0.4 is 4.74 Å². The summed E-state index contributed by atoms with van der Waals surface area (Å²) < 4.78 is 6.03. The van der Waals surface area contributed by atoms with Crippen LogP contribution >= 0.6 is 15.9 Å². The molecular weight excluding hydrogens is 220 g/mol. The second kappa shape index (κ2) is 4.87. The van der Waals surface area contributed by atoms with Crippen molar-refractivity contribution in [1.29, 1.82) is 0 Å². The van der Waals surface area contributed by atoms with E-state index in [0.717, 1.165) is 10.9 Å². The van der Waals surface area contributed by atoms with Gasteiger partial charge in [0.1, 0.15) is 0 Å². The van der Waals surface area contributed by atoms with Crippen molar-refractivity contribution < 1.29 is 4.74 Å². The third kappa shape index (κ3) is 3.00. The van der Waals surface area contributed by atoms with Gasteiger partial charge in [-0.2, -0.15) is 0 Å². The fraction of sp³-hybridized carbons (Fsp3) is 0.250. The maximum absolute atomic E-state index is 5.19. The molecule has 0 amide bonds. The van der Waals surface area contributed by atoms with E-state index in [1.807, 2.05) is 0 Å². The molecule has 12 heavy (non-hydrogen) atoms. The first-order valence-electron chi connectivity index (χ1n) is 3.54. The Labute approximate surface area is 79.6 Å². The van der Waals surface area contributed by atoms with Gasteiger partial charge >= 0.3 is 6.01 Å². The second-order valence-corrected chi connectivity index (χ2v) is 3.03. The number of aromatic nitrogens is 2. The first kappa shape index (κ1) is 9.19. The van der Waals surface area contributed by atoms with Gasteiger partial charge in [0.2, 0.25) is 0 Å². The van der Waals surface area contributed by atoms with Crippen LogP contribution in [-0.4, -0.2) is 16.6 Å². The molecule has 0 atom stereocenters. The van der Waals surface area contributed by atoms with E-state index < -0.39 is 0 Å². The first-order chi connectivity index (χ1) is 5.83. The van der Waals surface area contributed by atoms with Crippen molar-refractivity contribution >= 4 is 15.9 Å². The Bertz CT molecular complexity index is 248. The predicted molar refractivity (Wildman–Crippen MR) is 50.0 cm³/mol. The van der Waals surface area contributed by atoms with Crippen LogP contribution in [0.4, 0.5) is 0 Å². The Morgan fingerprint density at radius 3 is 2.75 bits per heavy atom. The van der Waals surface area contributed by atoms with Crippen LogP contribution in [0.3, 0.4) is 0 Å². The summed E-state index contributed by atoms with van der Waals surface area (Å²) in [6.45, 7) is 4.15. The van der Waals surface area contributed by atoms with E-state index in [9.17, 15) is 0 Å². The zero-order valence-electron chi connectivity index (χ0n) is 6.53. The molecule has 0 fully saturated rings. The molecule has 0 bridgehead atoms. The summed E-state index contributed by atoms with van der Waals surface area (Å²) in [5.74, 6) is 0. The summed E-state index contributed by atoms with van der Waals surface area (Å²) in [7, 11) is 0. The van der Waals surface area contributed by atoms with Crippen molar-refractivity contribution in [3.63, 3.8) is 0 Å². The summed E-state index contributed by atoms with van der Waals surface area (Å²) >= 11 is 3.23. The molecule has 0 unspecified atom stereocenters. The van der Waals surface area contributed by atoms with Crippen molar-refractivity contribution in [3.05, 3.63) is 29.5 Å². The van der Waals surface area contributed by atoms with E-state index in [2.05, 4.69) is 32.5 Å². The molecule has 1 rings (SSSR count). The van der Waals surface area contributed by atoms with Gasteiger partial charge in [-0.05, 0) is 22.4 Å². The highest BCUT2D eigenvalue weighted by Gasteiger charge is 1.94. The van der Waals surface area contributed by atoms with Gasteiger partial charge in [0.25, 0.3) is 0 Å². The monoisotopic (exact) mass is 228 g/mol. The van der Waals surface area contributed by atoms with Crippen LogP contribution in [0.25, 0.3) is 0 Å². The third-order valence-corrected chi connectivity index (χ3v) is 1.56. The van der Waals surface area contributed by atoms with Crippen molar-refractivity contribution in [3.8, 4) is 6.01 Å². The molecule has 0 saturated carbocycles. The van der Waals surface area contributed by atoms with Crippen LogP contribution in [-0.2, 0) is 0 Å². The highest BCUT2D eigenvalue weighted by Crippen LogP contribution is 2.08. The SMILES string of the molecule is C=CCCOc1ncc(Br)cn1. The van der Waals surface area contributed by atoms with Crippen LogP contribution in [0, 0.1) is 0 Å². The van der Waals surface area contributed by atoms with Gasteiger partial charge in [0.05, 0.1) is 11.1 Å². The highest BCUT2D eigenvalue weighted by molar-refractivity contribution is 9.10. The van der Waals surface area contributed by atoms with Crippen molar-refractivity contribution in [2.45, 2.75) is 6.42 Å². The predicted octanol–water partition coefficient (Wildman–Crippen LogP) is 2.19. The van der Waals surface area contributed by atoms with E-state index in [1.165, 1.54) is 0 Å². The number of hydrogen-bond acceptors (Lipinski definition) is 3. The lowest BCUT2D eigenvalue weighted by atomic mass is 10.5. The Hall–Kier alpha value is -0.900. The Morgan fingerprint density at radius 1 is 1.50 bits per heavy atom. The van der Waals surface area contributed by atoms with E-state index in [0.29, 0.717) is 12.6 Å². The van der Waals surface area contributed by atoms with Gasteiger partial charge in [-0.15, -0.1) is 6.58 Å². The molecule has 0 aliphatic heterocycles. The summed E-state index contributed by atoms with van der Waals surface area (Å²) in [4.78, 5) is 7.87. The molecule has 0 aliphatic carbocycles. The molecule has 1 aromatic heterocycles. The van der Waals surface area contributed by atoms with Crippen LogP contribution in [0.2, 0.25) is 0 Å². The van der Waals surface area contributed by atoms with E-state index in [-0.39, 0.29) is 0 Å². The van der Waals surface area contributed by atoms with Crippen molar-refractivity contribution in [1.82, 2.24) is 9.97 Å². The molecular formula is C8H9BrN2O. The zero-order chi connectivity index (χ0) is 8.81. The second-order valence-electron chi connectivity index (χ2n) is 2.11. The van der Waals surface area contributed by atoms with Gasteiger partial charge in [-0.25, -0.2) is 9.97 Å². The van der Waals surface area contributed by atoms with Crippen LogP contribution in [0.15, 0.2) is 29.5 Å². The molecule has 0 aromatic carbocycles. The minimum Gasteiger partial charge on any atom is -0.463 e. The molecule has 64 valence electrons. The number of rotatable bonds is 4. The topological polar surface area (TPSA) is 35.0 Å². The fourth-order valence-corrected chi connectivity index (χ4v) is 0.813. The minimum atomic E-state index is 0.403. The number of ether oxygens (including phenoxy) is 1. The number of halogens is 1. The average Bonchev–Trinajstić information content (AvgIpc) is 2.09. The van der Waals surface area contributed by atoms with Gasteiger partial charge in [-0.1, -0.05) is 6.08 Å². The molecule has 1 heterocycles. The molecule has 1 aromatic rings. The number of nitrogens with zero attached hydrogens (tertiary/aromatic N) is 2. The minimum absolute atomic E-state index is 0.403. The van der Waals surface area contributed by atoms with Crippen LogP contribution in [0.1, 0.15) is 6.42 Å². The summed E-state index contributed by atoms with van der Waals surface area (Å²) in [6.07, 6.45) is 5.89. The molecule has 0 saturated heterocycles. The largest absolute Gasteiger partial charge is 0.463 e. The standard InChI is InChI=1S/C8H9BrN2O/c1-2-3-4-12-8-10-5-7(9)6-11-8/h2,5-6H,1,3-4H2. The van der Waals surface area contributed by atoms with Gasteiger partial charge in [-0.3, -0.25) is 0 Å². The lowest BCUT2D eigenvalue weighted by Gasteiger charge is -2.00. The van der Waals surface area contributed by atoms with E-state index in [4.69, 9.17) is 4.74 Å². The summed E-state index contributed by atoms with van der Waals surface area (Å²) in [5.41, 5.74) is 0. The smallest absolute Gasteiger partial charge is 0.316 e. The molecule has 0 N–H and O–H groups in total. The van der Waals surface area contributed by atoms with Crippen LogP contribution in [0.5, 0.6) is 6.01 Å². The normalized spacial score (nSPS) is 9.42.